The van der Waals surface area contributed by atoms with Crippen LogP contribution in [0.5, 0.6) is 5.75 Å². The lowest BCUT2D eigenvalue weighted by Gasteiger charge is -2.18. The molecule has 0 aromatic heterocycles. The molecule has 0 aliphatic carbocycles. The average Bonchev–Trinajstić information content (AvgIpc) is 2.79. The largest absolute Gasteiger partial charge is 0.497 e. The van der Waals surface area contributed by atoms with Gasteiger partial charge in [-0.15, -0.1) is 0 Å². The summed E-state index contributed by atoms with van der Waals surface area (Å²) in [5, 5.41) is 5.98. The molecule has 1 atom stereocenters. The van der Waals surface area contributed by atoms with E-state index < -0.39 is 0 Å². The molecule has 2 N–H and O–H groups in total. The molecule has 0 fully saturated rings. The molecule has 0 radical (unpaired) electrons. The Bertz CT molecular complexity index is 1010. The average molecular weight is 402 g/mol. The highest BCUT2D eigenvalue weighted by molar-refractivity contribution is 6.05. The smallest absolute Gasteiger partial charge is 0.255 e. The molecule has 0 saturated heterocycles. The van der Waals surface area contributed by atoms with Crippen LogP contribution < -0.4 is 15.4 Å². The van der Waals surface area contributed by atoms with Gasteiger partial charge >= 0.3 is 0 Å². The van der Waals surface area contributed by atoms with Crippen LogP contribution in [0, 0.1) is 6.92 Å². The van der Waals surface area contributed by atoms with Gasteiger partial charge in [-0.2, -0.15) is 0 Å². The minimum Gasteiger partial charge on any atom is -0.497 e. The molecule has 0 spiro atoms. The zero-order valence-electron chi connectivity index (χ0n) is 17.4. The molecule has 5 nitrogen and oxygen atoms in total. The lowest BCUT2D eigenvalue weighted by molar-refractivity contribution is 0.0934. The maximum Gasteiger partial charge on any atom is 0.255 e. The molecule has 3 aromatic carbocycles. The third-order valence-corrected chi connectivity index (χ3v) is 5.02. The van der Waals surface area contributed by atoms with Crippen LogP contribution in [0.2, 0.25) is 0 Å². The second-order valence-electron chi connectivity index (χ2n) is 7.06. The molecule has 0 aliphatic rings. The number of ether oxygens (including phenoxy) is 1. The first kappa shape index (κ1) is 21.1. The Hall–Kier alpha value is -3.60. The maximum atomic E-state index is 12.9. The lowest BCUT2D eigenvalue weighted by atomic mass is 10.0. The van der Waals surface area contributed by atoms with E-state index in [0.717, 1.165) is 23.3 Å². The topological polar surface area (TPSA) is 67.4 Å². The number of rotatable bonds is 7. The van der Waals surface area contributed by atoms with Gasteiger partial charge in [-0.25, -0.2) is 0 Å². The summed E-state index contributed by atoms with van der Waals surface area (Å²) in [6, 6.07) is 21.9. The van der Waals surface area contributed by atoms with Crippen LogP contribution in [0.15, 0.2) is 72.8 Å². The van der Waals surface area contributed by atoms with Crippen LogP contribution in [0.1, 0.15) is 51.2 Å². The standard InChI is InChI=1S/C25H26N2O3/c1-4-22(18-12-14-21(30-3)15-13-18)26-25(29)20-11-10-17(2)23(16-20)27-24(28)19-8-6-5-7-9-19/h5-16,22H,4H2,1-3H3,(H,26,29)(H,27,28). The first-order valence-electron chi connectivity index (χ1n) is 9.93. The minimum absolute atomic E-state index is 0.118. The van der Waals surface area contributed by atoms with Gasteiger partial charge in [0, 0.05) is 16.8 Å². The molecule has 0 aliphatic heterocycles. The molecule has 3 aromatic rings. The van der Waals surface area contributed by atoms with Crippen LogP contribution in [0.25, 0.3) is 0 Å². The Morgan fingerprint density at radius 1 is 0.900 bits per heavy atom. The molecule has 0 saturated carbocycles. The van der Waals surface area contributed by atoms with E-state index in [-0.39, 0.29) is 17.9 Å². The second kappa shape index (κ2) is 9.74. The van der Waals surface area contributed by atoms with Crippen LogP contribution in [-0.4, -0.2) is 18.9 Å². The predicted molar refractivity (Wildman–Crippen MR) is 119 cm³/mol. The van der Waals surface area contributed by atoms with Crippen molar-refractivity contribution in [3.63, 3.8) is 0 Å². The van der Waals surface area contributed by atoms with Crippen molar-refractivity contribution in [1.82, 2.24) is 5.32 Å². The molecule has 30 heavy (non-hydrogen) atoms. The number of carbonyl (C=O) groups is 2. The number of hydrogen-bond acceptors (Lipinski definition) is 3. The predicted octanol–water partition coefficient (Wildman–Crippen LogP) is 5.14. The van der Waals surface area contributed by atoms with Gasteiger partial charge in [-0.1, -0.05) is 43.3 Å². The summed E-state index contributed by atoms with van der Waals surface area (Å²) in [5.74, 6) is 0.381. The van der Waals surface area contributed by atoms with Crippen molar-refractivity contribution in [2.75, 3.05) is 12.4 Å². The first-order valence-corrected chi connectivity index (χ1v) is 9.93. The third-order valence-electron chi connectivity index (χ3n) is 5.02. The highest BCUT2D eigenvalue weighted by atomic mass is 16.5. The number of aryl methyl sites for hydroxylation is 1. The zero-order valence-corrected chi connectivity index (χ0v) is 17.4. The highest BCUT2D eigenvalue weighted by Crippen LogP contribution is 2.22. The van der Waals surface area contributed by atoms with Gasteiger partial charge in [0.1, 0.15) is 5.75 Å². The van der Waals surface area contributed by atoms with Gasteiger partial charge in [-0.05, 0) is 60.9 Å². The Morgan fingerprint density at radius 2 is 1.60 bits per heavy atom. The van der Waals surface area contributed by atoms with Crippen molar-refractivity contribution in [2.45, 2.75) is 26.3 Å². The molecule has 2 amide bonds. The van der Waals surface area contributed by atoms with E-state index in [2.05, 4.69) is 10.6 Å². The molecule has 0 bridgehead atoms. The van der Waals surface area contributed by atoms with Gasteiger partial charge in [0.25, 0.3) is 11.8 Å². The van der Waals surface area contributed by atoms with Crippen molar-refractivity contribution in [1.29, 1.82) is 0 Å². The summed E-state index contributed by atoms with van der Waals surface area (Å²) >= 11 is 0. The molecule has 1 unspecified atom stereocenters. The Morgan fingerprint density at radius 3 is 2.23 bits per heavy atom. The monoisotopic (exact) mass is 402 g/mol. The van der Waals surface area contributed by atoms with Crippen molar-refractivity contribution in [3.8, 4) is 5.75 Å². The van der Waals surface area contributed by atoms with Crippen molar-refractivity contribution in [3.05, 3.63) is 95.1 Å². The Labute approximate surface area is 177 Å². The van der Waals surface area contributed by atoms with E-state index in [1.807, 2.05) is 62.4 Å². The van der Waals surface area contributed by atoms with Crippen LogP contribution in [0.3, 0.4) is 0 Å². The van der Waals surface area contributed by atoms with Crippen LogP contribution >= 0.6 is 0 Å². The van der Waals surface area contributed by atoms with E-state index in [1.54, 1.807) is 31.4 Å². The van der Waals surface area contributed by atoms with Gasteiger partial charge in [0.05, 0.1) is 13.2 Å². The fourth-order valence-corrected chi connectivity index (χ4v) is 3.18. The molecule has 5 heteroatoms. The normalized spacial score (nSPS) is 11.4. The van der Waals surface area contributed by atoms with Crippen molar-refractivity contribution < 1.29 is 14.3 Å². The number of anilines is 1. The van der Waals surface area contributed by atoms with Crippen molar-refractivity contribution in [2.24, 2.45) is 0 Å². The number of methoxy groups -OCH3 is 1. The molecule has 154 valence electrons. The van der Waals surface area contributed by atoms with Crippen molar-refractivity contribution >= 4 is 17.5 Å². The summed E-state index contributed by atoms with van der Waals surface area (Å²) in [4.78, 5) is 25.4. The first-order chi connectivity index (χ1) is 14.5. The number of benzene rings is 3. The third kappa shape index (κ3) is 5.06. The minimum atomic E-state index is -0.207. The van der Waals surface area contributed by atoms with E-state index in [1.165, 1.54) is 0 Å². The van der Waals surface area contributed by atoms with Crippen LogP contribution in [0.4, 0.5) is 5.69 Å². The molecular weight excluding hydrogens is 376 g/mol. The number of hydrogen-bond donors (Lipinski definition) is 2. The second-order valence-corrected chi connectivity index (χ2v) is 7.06. The molecular formula is C25H26N2O3. The van der Waals surface area contributed by atoms with Gasteiger partial charge in [0.15, 0.2) is 0 Å². The maximum absolute atomic E-state index is 12.9. The highest BCUT2D eigenvalue weighted by Gasteiger charge is 2.16. The summed E-state index contributed by atoms with van der Waals surface area (Å²) in [5.41, 5.74) is 3.58. The van der Waals surface area contributed by atoms with E-state index in [9.17, 15) is 9.59 Å². The fraction of sp³-hybridized carbons (Fsp3) is 0.200. The van der Waals surface area contributed by atoms with E-state index >= 15 is 0 Å². The van der Waals surface area contributed by atoms with E-state index in [4.69, 9.17) is 4.74 Å². The SMILES string of the molecule is CCC(NC(=O)c1ccc(C)c(NC(=O)c2ccccc2)c1)c1ccc(OC)cc1. The summed E-state index contributed by atoms with van der Waals surface area (Å²) in [7, 11) is 1.62. The quantitative estimate of drug-likeness (QED) is 0.575. The van der Waals surface area contributed by atoms with E-state index in [0.29, 0.717) is 16.8 Å². The summed E-state index contributed by atoms with van der Waals surface area (Å²) < 4.78 is 5.20. The van der Waals surface area contributed by atoms with Gasteiger partial charge < -0.3 is 15.4 Å². The molecule has 3 rings (SSSR count). The summed E-state index contributed by atoms with van der Waals surface area (Å²) in [6.45, 7) is 3.92. The van der Waals surface area contributed by atoms with Crippen LogP contribution in [-0.2, 0) is 0 Å². The zero-order chi connectivity index (χ0) is 21.5. The Kier molecular flexibility index (Phi) is 6.86. The lowest BCUT2D eigenvalue weighted by Crippen LogP contribution is -2.28. The Balaban J connectivity index is 1.75. The number of nitrogens with one attached hydrogen (secondary N) is 2. The van der Waals surface area contributed by atoms with Gasteiger partial charge in [-0.3, -0.25) is 9.59 Å². The summed E-state index contributed by atoms with van der Waals surface area (Å²) in [6.07, 6.45) is 0.752. The van der Waals surface area contributed by atoms with Gasteiger partial charge in [0.2, 0.25) is 0 Å². The number of carbonyl (C=O) groups excluding carboxylic acids is 2. The number of amides is 2. The fourth-order valence-electron chi connectivity index (χ4n) is 3.18. The molecule has 0 heterocycles.